The lowest BCUT2D eigenvalue weighted by molar-refractivity contribution is 0.0171. The molecule has 5 rings (SSSR count). The molecular weight excluding hydrogens is 540 g/mol. The lowest BCUT2D eigenvalue weighted by Crippen LogP contribution is -2.46. The Morgan fingerprint density at radius 1 is 1.10 bits per heavy atom. The topological polar surface area (TPSA) is 91.6 Å². The molecule has 3 aromatic rings. The van der Waals surface area contributed by atoms with Crippen LogP contribution in [0.3, 0.4) is 0 Å². The highest BCUT2D eigenvalue weighted by molar-refractivity contribution is 5.78. The molecular formula is C31H41F2N7O2. The number of benzene rings is 1. The van der Waals surface area contributed by atoms with Crippen molar-refractivity contribution in [3.63, 3.8) is 0 Å². The number of anilines is 2. The summed E-state index contributed by atoms with van der Waals surface area (Å²) in [6.45, 7) is 9.93. The van der Waals surface area contributed by atoms with Crippen LogP contribution in [0.15, 0.2) is 30.3 Å². The van der Waals surface area contributed by atoms with Gasteiger partial charge in [0, 0.05) is 38.3 Å². The van der Waals surface area contributed by atoms with E-state index in [1.165, 1.54) is 4.57 Å². The number of rotatable bonds is 10. The fourth-order valence-electron chi connectivity index (χ4n) is 5.94. The molecule has 2 aromatic heterocycles. The highest BCUT2D eigenvalue weighted by Crippen LogP contribution is 2.31. The first-order valence-electron chi connectivity index (χ1n) is 14.8. The number of aromatic nitrogens is 4. The Bertz CT molecular complexity index is 1400. The molecule has 3 heterocycles. The number of alkyl halides is 2. The van der Waals surface area contributed by atoms with Gasteiger partial charge in [-0.2, -0.15) is 9.97 Å². The summed E-state index contributed by atoms with van der Waals surface area (Å²) in [7, 11) is 0. The molecule has 42 heavy (non-hydrogen) atoms. The minimum atomic E-state index is -2.76. The van der Waals surface area contributed by atoms with Gasteiger partial charge in [-0.3, -0.25) is 9.47 Å². The van der Waals surface area contributed by atoms with E-state index in [0.717, 1.165) is 25.7 Å². The van der Waals surface area contributed by atoms with Gasteiger partial charge in [-0.25, -0.2) is 13.8 Å². The van der Waals surface area contributed by atoms with Crippen LogP contribution < -0.4 is 10.2 Å². The zero-order valence-corrected chi connectivity index (χ0v) is 24.7. The molecule has 226 valence electrons. The van der Waals surface area contributed by atoms with Crippen LogP contribution in [0.2, 0.25) is 0 Å². The normalized spacial score (nSPS) is 19.8. The molecule has 1 aliphatic carbocycles. The van der Waals surface area contributed by atoms with Crippen LogP contribution in [0.5, 0.6) is 0 Å². The van der Waals surface area contributed by atoms with Crippen LogP contribution >= 0.6 is 0 Å². The Kier molecular flexibility index (Phi) is 9.56. The summed E-state index contributed by atoms with van der Waals surface area (Å²) in [5.74, 6) is 7.68. The molecule has 2 fully saturated rings. The first kappa shape index (κ1) is 30.1. The number of aliphatic hydroxyl groups is 1. The van der Waals surface area contributed by atoms with Gasteiger partial charge in [0.25, 0.3) is 6.43 Å². The number of fused-ring (bicyclic) bond motifs is 1. The smallest absolute Gasteiger partial charge is 0.296 e. The number of nitrogens with one attached hydrogen (secondary N) is 1. The minimum Gasteiger partial charge on any atom is -0.389 e. The third-order valence-corrected chi connectivity index (χ3v) is 7.98. The second-order valence-electron chi connectivity index (χ2n) is 11.8. The molecule has 1 saturated carbocycles. The number of hydrogen-bond acceptors (Lipinski definition) is 8. The van der Waals surface area contributed by atoms with E-state index in [4.69, 9.17) is 14.7 Å². The molecule has 2 aliphatic rings. The van der Waals surface area contributed by atoms with Gasteiger partial charge in [-0.05, 0) is 64.5 Å². The molecule has 1 aliphatic heterocycles. The largest absolute Gasteiger partial charge is 0.389 e. The fraction of sp³-hybridized carbons (Fsp3) is 0.581. The van der Waals surface area contributed by atoms with Crippen LogP contribution in [0.1, 0.15) is 58.7 Å². The summed E-state index contributed by atoms with van der Waals surface area (Å²) in [4.78, 5) is 18.1. The number of morpholine rings is 1. The van der Waals surface area contributed by atoms with Gasteiger partial charge in [-0.1, -0.05) is 18.1 Å². The van der Waals surface area contributed by atoms with Gasteiger partial charge < -0.3 is 20.1 Å². The monoisotopic (exact) mass is 581 g/mol. The first-order chi connectivity index (χ1) is 20.2. The van der Waals surface area contributed by atoms with Crippen LogP contribution in [-0.2, 0) is 4.74 Å². The summed E-state index contributed by atoms with van der Waals surface area (Å²) < 4.78 is 35.3. The maximum absolute atomic E-state index is 14.2. The molecule has 0 unspecified atom stereocenters. The van der Waals surface area contributed by atoms with Crippen molar-refractivity contribution in [2.75, 3.05) is 56.2 Å². The van der Waals surface area contributed by atoms with E-state index in [9.17, 15) is 13.9 Å². The predicted octanol–water partition coefficient (Wildman–Crippen LogP) is 4.66. The Morgan fingerprint density at radius 2 is 1.81 bits per heavy atom. The van der Waals surface area contributed by atoms with Crippen molar-refractivity contribution < 1.29 is 18.6 Å². The lowest BCUT2D eigenvalue weighted by Gasteiger charge is -2.38. The van der Waals surface area contributed by atoms with Crippen molar-refractivity contribution >= 4 is 22.8 Å². The van der Waals surface area contributed by atoms with Crippen molar-refractivity contribution in [3.8, 4) is 17.7 Å². The highest BCUT2D eigenvalue weighted by atomic mass is 19.3. The minimum absolute atomic E-state index is 0.338. The Hall–Kier alpha value is -3.33. The highest BCUT2D eigenvalue weighted by Gasteiger charge is 2.29. The van der Waals surface area contributed by atoms with Crippen molar-refractivity contribution in [2.24, 2.45) is 5.92 Å². The van der Waals surface area contributed by atoms with Gasteiger partial charge in [-0.15, -0.1) is 5.92 Å². The number of hydrogen-bond donors (Lipinski definition) is 2. The van der Waals surface area contributed by atoms with Gasteiger partial charge in [0.1, 0.15) is 11.6 Å². The standard InChI is InChI=1S/C31H41F2N7O2/c1-4-5-14-39(21-31(2,3)41)23-12-10-22(11-13-23)20-34-30-36-26(38-15-17-42-18-16-38)19-27(37-30)40-25-9-7-6-8-24(25)35-29(40)28(32)33/h6-9,19,22-23,28,41H,10-18,20-21H2,1-3H3,(H,34,36,37). The van der Waals surface area contributed by atoms with Crippen LogP contribution in [0, 0.1) is 17.8 Å². The molecule has 0 radical (unpaired) electrons. The molecule has 2 N–H and O–H groups in total. The van der Waals surface area contributed by atoms with Crippen molar-refractivity contribution in [3.05, 3.63) is 36.2 Å². The van der Waals surface area contributed by atoms with E-state index in [1.807, 2.05) is 26.8 Å². The molecule has 9 nitrogen and oxygen atoms in total. The number of imidazole rings is 1. The molecule has 0 spiro atoms. The predicted molar refractivity (Wildman–Crippen MR) is 160 cm³/mol. The van der Waals surface area contributed by atoms with Gasteiger partial charge in [0.15, 0.2) is 5.82 Å². The number of nitrogens with zero attached hydrogens (tertiary/aromatic N) is 6. The Morgan fingerprint density at radius 3 is 2.50 bits per heavy atom. The zero-order valence-electron chi connectivity index (χ0n) is 24.7. The number of ether oxygens (including phenoxy) is 1. The quantitative estimate of drug-likeness (QED) is 0.334. The average molecular weight is 582 g/mol. The summed E-state index contributed by atoms with van der Waals surface area (Å²) in [6, 6.07) is 9.25. The van der Waals surface area contributed by atoms with Gasteiger partial charge in [0.2, 0.25) is 5.95 Å². The summed E-state index contributed by atoms with van der Waals surface area (Å²) in [5, 5.41) is 13.9. The molecule has 0 atom stereocenters. The van der Waals surface area contributed by atoms with E-state index in [-0.39, 0.29) is 5.82 Å². The third kappa shape index (κ3) is 7.35. The maximum atomic E-state index is 14.2. The van der Waals surface area contributed by atoms with Gasteiger partial charge in [0.05, 0.1) is 36.4 Å². The molecule has 11 heteroatoms. The van der Waals surface area contributed by atoms with E-state index >= 15 is 0 Å². The van der Waals surface area contributed by atoms with Crippen LogP contribution in [0.4, 0.5) is 20.5 Å². The van der Waals surface area contributed by atoms with E-state index in [1.54, 1.807) is 24.3 Å². The van der Waals surface area contributed by atoms with Crippen molar-refractivity contribution in [1.29, 1.82) is 0 Å². The summed E-state index contributed by atoms with van der Waals surface area (Å²) in [5.41, 5.74) is 0.292. The second-order valence-corrected chi connectivity index (χ2v) is 11.8. The molecule has 1 saturated heterocycles. The van der Waals surface area contributed by atoms with Crippen LogP contribution in [-0.4, -0.2) is 87.1 Å². The SMILES string of the molecule is CC#CCN(CC(C)(C)O)C1CCC(CNc2nc(N3CCOCC3)cc(-n3c(C(F)F)nc4ccccc43)n2)CC1. The van der Waals surface area contributed by atoms with Crippen molar-refractivity contribution in [1.82, 2.24) is 24.4 Å². The number of para-hydroxylation sites is 2. The summed E-state index contributed by atoms with van der Waals surface area (Å²) in [6.07, 6.45) is 1.33. The van der Waals surface area contributed by atoms with Crippen molar-refractivity contribution in [2.45, 2.75) is 64.5 Å². The zero-order chi connectivity index (χ0) is 29.7. The Labute approximate surface area is 246 Å². The number of halogens is 2. The van der Waals surface area contributed by atoms with E-state index < -0.39 is 12.0 Å². The molecule has 1 aromatic carbocycles. The fourth-order valence-corrected chi connectivity index (χ4v) is 5.94. The average Bonchev–Trinajstić information content (AvgIpc) is 3.38. The molecule has 0 bridgehead atoms. The Balaban J connectivity index is 1.35. The van der Waals surface area contributed by atoms with Gasteiger partial charge >= 0.3 is 0 Å². The first-order valence-corrected chi connectivity index (χ1v) is 14.8. The second kappa shape index (κ2) is 13.3. The molecule has 0 amide bonds. The van der Waals surface area contributed by atoms with E-state index in [0.29, 0.717) is 86.5 Å². The summed E-state index contributed by atoms with van der Waals surface area (Å²) >= 11 is 0. The van der Waals surface area contributed by atoms with Crippen LogP contribution in [0.25, 0.3) is 16.9 Å². The third-order valence-electron chi connectivity index (χ3n) is 7.98. The maximum Gasteiger partial charge on any atom is 0.296 e. The lowest BCUT2D eigenvalue weighted by atomic mass is 9.85. The van der Waals surface area contributed by atoms with E-state index in [2.05, 4.69) is 31.9 Å².